The monoisotopic (exact) mass is 266 g/mol. The molecule has 3 aromatic rings. The molecule has 0 N–H and O–H groups in total. The minimum absolute atomic E-state index is 0.401. The highest BCUT2D eigenvalue weighted by Crippen LogP contribution is 2.29. The molecule has 0 aliphatic carbocycles. The molecular weight excluding hydrogens is 256 g/mol. The summed E-state index contributed by atoms with van der Waals surface area (Å²) in [6.07, 6.45) is 1.58. The average molecular weight is 267 g/mol. The highest BCUT2D eigenvalue weighted by atomic mass is 35.5. The molecule has 0 bridgehead atoms. The zero-order valence-corrected chi connectivity index (χ0v) is 10.9. The molecule has 2 aromatic carbocycles. The summed E-state index contributed by atoms with van der Waals surface area (Å²) in [6, 6.07) is 19.9. The Bertz CT molecular complexity index is 682. The molecule has 0 unspecified atom stereocenters. The van der Waals surface area contributed by atoms with E-state index in [4.69, 9.17) is 11.6 Å². The maximum absolute atomic E-state index is 5.98. The first-order valence-electron chi connectivity index (χ1n) is 5.98. The lowest BCUT2D eigenvalue weighted by Gasteiger charge is -2.08. The van der Waals surface area contributed by atoms with Crippen LogP contribution in [0.4, 0.5) is 0 Å². The predicted molar refractivity (Wildman–Crippen MR) is 77.9 cm³/mol. The highest BCUT2D eigenvalue weighted by molar-refractivity contribution is 6.29. The number of halogens is 1. The lowest BCUT2D eigenvalue weighted by atomic mass is 10.0. The van der Waals surface area contributed by atoms with Crippen molar-refractivity contribution in [3.05, 3.63) is 72.0 Å². The van der Waals surface area contributed by atoms with E-state index in [1.807, 2.05) is 60.7 Å². The van der Waals surface area contributed by atoms with Gasteiger partial charge >= 0.3 is 0 Å². The molecular formula is C16H11ClN2. The second kappa shape index (κ2) is 5.21. The maximum Gasteiger partial charge on any atom is 0.148 e. The van der Waals surface area contributed by atoms with E-state index in [2.05, 4.69) is 9.97 Å². The summed E-state index contributed by atoms with van der Waals surface area (Å²) in [5, 5.41) is 0.401. The van der Waals surface area contributed by atoms with Gasteiger partial charge < -0.3 is 0 Å². The lowest BCUT2D eigenvalue weighted by molar-refractivity contribution is 1.21. The van der Waals surface area contributed by atoms with Crippen LogP contribution < -0.4 is 0 Å². The van der Waals surface area contributed by atoms with Crippen LogP contribution in [-0.4, -0.2) is 9.97 Å². The molecule has 0 radical (unpaired) electrons. The Morgan fingerprint density at radius 3 is 1.79 bits per heavy atom. The number of nitrogens with zero attached hydrogens (tertiary/aromatic N) is 2. The fraction of sp³-hybridized carbons (Fsp3) is 0. The molecule has 19 heavy (non-hydrogen) atoms. The fourth-order valence-electron chi connectivity index (χ4n) is 1.97. The van der Waals surface area contributed by atoms with E-state index in [9.17, 15) is 0 Å². The second-order valence-corrected chi connectivity index (χ2v) is 4.51. The smallest absolute Gasteiger partial charge is 0.148 e. The Balaban J connectivity index is 2.21. The topological polar surface area (TPSA) is 25.8 Å². The minimum Gasteiger partial charge on any atom is -0.251 e. The molecule has 2 nitrogen and oxygen atoms in total. The van der Waals surface area contributed by atoms with E-state index in [0.29, 0.717) is 5.15 Å². The van der Waals surface area contributed by atoms with E-state index >= 15 is 0 Å². The van der Waals surface area contributed by atoms with E-state index in [-0.39, 0.29) is 0 Å². The van der Waals surface area contributed by atoms with Gasteiger partial charge in [0, 0.05) is 11.1 Å². The van der Waals surface area contributed by atoms with Gasteiger partial charge in [-0.2, -0.15) is 0 Å². The standard InChI is InChI=1S/C16H11ClN2/c17-14-11-18-15(12-7-3-1-4-8-12)16(19-14)13-9-5-2-6-10-13/h1-11H. The van der Waals surface area contributed by atoms with Gasteiger partial charge in [0.25, 0.3) is 0 Å². The zero-order valence-electron chi connectivity index (χ0n) is 10.1. The second-order valence-electron chi connectivity index (χ2n) is 4.12. The number of hydrogen-bond donors (Lipinski definition) is 0. The third-order valence-electron chi connectivity index (χ3n) is 2.84. The maximum atomic E-state index is 5.98. The van der Waals surface area contributed by atoms with Gasteiger partial charge in [-0.05, 0) is 0 Å². The van der Waals surface area contributed by atoms with Gasteiger partial charge in [0.05, 0.1) is 17.6 Å². The van der Waals surface area contributed by atoms with Crippen molar-refractivity contribution in [2.24, 2.45) is 0 Å². The molecule has 0 atom stereocenters. The third-order valence-corrected chi connectivity index (χ3v) is 3.02. The predicted octanol–water partition coefficient (Wildman–Crippen LogP) is 4.46. The number of rotatable bonds is 2. The molecule has 0 fully saturated rings. The van der Waals surface area contributed by atoms with Crippen molar-refractivity contribution < 1.29 is 0 Å². The summed E-state index contributed by atoms with van der Waals surface area (Å²) in [5.74, 6) is 0. The molecule has 1 aromatic heterocycles. The molecule has 0 aliphatic rings. The number of benzene rings is 2. The minimum atomic E-state index is 0.401. The molecule has 0 saturated heterocycles. The Labute approximate surface area is 116 Å². The molecule has 92 valence electrons. The average Bonchev–Trinajstić information content (AvgIpc) is 2.49. The molecule has 3 rings (SSSR count). The van der Waals surface area contributed by atoms with Crippen molar-refractivity contribution in [1.82, 2.24) is 9.97 Å². The number of hydrogen-bond acceptors (Lipinski definition) is 2. The van der Waals surface area contributed by atoms with Crippen LogP contribution in [0.2, 0.25) is 5.15 Å². The zero-order chi connectivity index (χ0) is 13.1. The molecule has 1 heterocycles. The van der Waals surface area contributed by atoms with Crippen molar-refractivity contribution in [1.29, 1.82) is 0 Å². The summed E-state index contributed by atoms with van der Waals surface area (Å²) in [4.78, 5) is 8.85. The molecule has 0 saturated carbocycles. The van der Waals surface area contributed by atoms with Crippen LogP contribution in [0, 0.1) is 0 Å². The van der Waals surface area contributed by atoms with Crippen molar-refractivity contribution in [2.45, 2.75) is 0 Å². The van der Waals surface area contributed by atoms with Crippen molar-refractivity contribution >= 4 is 11.6 Å². The fourth-order valence-corrected chi connectivity index (χ4v) is 2.11. The molecule has 0 aliphatic heterocycles. The van der Waals surface area contributed by atoms with Crippen LogP contribution in [0.15, 0.2) is 66.9 Å². The van der Waals surface area contributed by atoms with Crippen LogP contribution >= 0.6 is 11.6 Å². The van der Waals surface area contributed by atoms with Crippen LogP contribution in [0.1, 0.15) is 0 Å². The highest BCUT2D eigenvalue weighted by Gasteiger charge is 2.10. The van der Waals surface area contributed by atoms with Crippen molar-refractivity contribution in [2.75, 3.05) is 0 Å². The van der Waals surface area contributed by atoms with Gasteiger partial charge in [-0.15, -0.1) is 0 Å². The van der Waals surface area contributed by atoms with Gasteiger partial charge in [0.15, 0.2) is 0 Å². The van der Waals surface area contributed by atoms with Gasteiger partial charge in [-0.1, -0.05) is 72.3 Å². The summed E-state index contributed by atoms with van der Waals surface area (Å²) in [6.45, 7) is 0. The number of aromatic nitrogens is 2. The van der Waals surface area contributed by atoms with E-state index in [0.717, 1.165) is 22.5 Å². The van der Waals surface area contributed by atoms with Gasteiger partial charge in [-0.3, -0.25) is 4.98 Å². The van der Waals surface area contributed by atoms with Crippen molar-refractivity contribution in [3.63, 3.8) is 0 Å². The normalized spacial score (nSPS) is 10.4. The van der Waals surface area contributed by atoms with Crippen LogP contribution in [0.5, 0.6) is 0 Å². The van der Waals surface area contributed by atoms with Gasteiger partial charge in [0.1, 0.15) is 5.15 Å². The van der Waals surface area contributed by atoms with Gasteiger partial charge in [-0.25, -0.2) is 4.98 Å². The van der Waals surface area contributed by atoms with E-state index in [1.165, 1.54) is 0 Å². The van der Waals surface area contributed by atoms with Crippen molar-refractivity contribution in [3.8, 4) is 22.5 Å². The summed E-state index contributed by atoms with van der Waals surface area (Å²) in [7, 11) is 0. The Morgan fingerprint density at radius 2 is 1.21 bits per heavy atom. The van der Waals surface area contributed by atoms with Crippen LogP contribution in [0.25, 0.3) is 22.5 Å². The quantitative estimate of drug-likeness (QED) is 0.684. The van der Waals surface area contributed by atoms with Gasteiger partial charge in [0.2, 0.25) is 0 Å². The summed E-state index contributed by atoms with van der Waals surface area (Å²) < 4.78 is 0. The summed E-state index contributed by atoms with van der Waals surface area (Å²) >= 11 is 5.98. The third kappa shape index (κ3) is 2.49. The molecule has 3 heteroatoms. The van der Waals surface area contributed by atoms with E-state index in [1.54, 1.807) is 6.20 Å². The lowest BCUT2D eigenvalue weighted by Crippen LogP contribution is -1.93. The largest absolute Gasteiger partial charge is 0.251 e. The first-order valence-corrected chi connectivity index (χ1v) is 6.36. The summed E-state index contributed by atoms with van der Waals surface area (Å²) in [5.41, 5.74) is 3.69. The Hall–Kier alpha value is -2.19. The van der Waals surface area contributed by atoms with E-state index < -0.39 is 0 Å². The van der Waals surface area contributed by atoms with Crippen LogP contribution in [0.3, 0.4) is 0 Å². The SMILES string of the molecule is Clc1cnc(-c2ccccc2)c(-c2ccccc2)n1. The Kier molecular flexibility index (Phi) is 3.25. The first-order chi connectivity index (χ1) is 9.34. The Morgan fingerprint density at radius 1 is 0.684 bits per heavy atom. The molecule has 0 spiro atoms. The van der Waals surface area contributed by atoms with Crippen LogP contribution in [-0.2, 0) is 0 Å². The molecule has 0 amide bonds. The first kappa shape index (κ1) is 11.9.